The van der Waals surface area contributed by atoms with Crippen molar-refractivity contribution in [2.24, 2.45) is 5.84 Å². The fourth-order valence-electron chi connectivity index (χ4n) is 1.75. The molecule has 0 fully saturated rings. The normalized spacial score (nSPS) is 12.4. The molecule has 1 aromatic heterocycles. The van der Waals surface area contributed by atoms with E-state index in [-0.39, 0.29) is 6.04 Å². The average molecular weight is 249 g/mol. The number of nitrogens with one attached hydrogen (secondary N) is 1. The number of methoxy groups -OCH3 is 1. The average Bonchev–Trinajstić information content (AvgIpc) is 2.77. The fraction of sp³-hybridized carbons (Fsp3) is 0.250. The van der Waals surface area contributed by atoms with E-state index in [4.69, 9.17) is 10.6 Å². The van der Waals surface area contributed by atoms with Crippen molar-refractivity contribution in [3.8, 4) is 5.75 Å². The van der Waals surface area contributed by atoms with Gasteiger partial charge in [0.15, 0.2) is 0 Å². The number of hydrazine groups is 1. The number of aryl methyl sites for hydroxylation is 1. The highest BCUT2D eigenvalue weighted by molar-refractivity contribution is 7.09. The van der Waals surface area contributed by atoms with Crippen molar-refractivity contribution >= 4 is 11.3 Å². The van der Waals surface area contributed by atoms with E-state index in [0.29, 0.717) is 0 Å². The summed E-state index contributed by atoms with van der Waals surface area (Å²) in [6.07, 6.45) is 0. The maximum absolute atomic E-state index is 5.63. The molecule has 17 heavy (non-hydrogen) atoms. The Labute approximate surface area is 104 Å². The molecule has 0 bridgehead atoms. The highest BCUT2D eigenvalue weighted by Crippen LogP contribution is 2.29. The van der Waals surface area contributed by atoms with E-state index < -0.39 is 0 Å². The molecule has 0 saturated heterocycles. The Balaban J connectivity index is 2.41. The maximum Gasteiger partial charge on any atom is 0.124 e. The van der Waals surface area contributed by atoms with Crippen molar-refractivity contribution < 1.29 is 4.74 Å². The molecule has 0 spiro atoms. The molecule has 4 nitrogen and oxygen atoms in total. The second-order valence-electron chi connectivity index (χ2n) is 3.63. The third-order valence-corrected chi connectivity index (χ3v) is 3.34. The smallest absolute Gasteiger partial charge is 0.124 e. The lowest BCUT2D eigenvalue weighted by atomic mass is 10.0. The molecule has 1 unspecified atom stereocenters. The first-order chi connectivity index (χ1) is 8.26. The van der Waals surface area contributed by atoms with Gasteiger partial charge < -0.3 is 4.74 Å². The zero-order valence-electron chi connectivity index (χ0n) is 9.81. The largest absolute Gasteiger partial charge is 0.496 e. The number of para-hydroxylation sites is 1. The van der Waals surface area contributed by atoms with Crippen LogP contribution in [-0.2, 0) is 0 Å². The summed E-state index contributed by atoms with van der Waals surface area (Å²) in [5.41, 5.74) is 4.69. The van der Waals surface area contributed by atoms with Crippen LogP contribution < -0.4 is 16.0 Å². The second-order valence-corrected chi connectivity index (χ2v) is 4.70. The van der Waals surface area contributed by atoms with Crippen LogP contribution in [0.15, 0.2) is 29.6 Å². The third kappa shape index (κ3) is 2.46. The number of nitrogens with zero attached hydrogens (tertiary/aromatic N) is 1. The minimum absolute atomic E-state index is 0.143. The third-order valence-electron chi connectivity index (χ3n) is 2.55. The quantitative estimate of drug-likeness (QED) is 0.643. The van der Waals surface area contributed by atoms with Gasteiger partial charge in [0, 0.05) is 10.9 Å². The van der Waals surface area contributed by atoms with Crippen molar-refractivity contribution in [2.75, 3.05) is 7.11 Å². The lowest BCUT2D eigenvalue weighted by Crippen LogP contribution is -2.29. The molecule has 5 heteroatoms. The highest BCUT2D eigenvalue weighted by atomic mass is 32.1. The van der Waals surface area contributed by atoms with Gasteiger partial charge in [-0.25, -0.2) is 10.4 Å². The van der Waals surface area contributed by atoms with E-state index in [0.717, 1.165) is 22.0 Å². The van der Waals surface area contributed by atoms with Gasteiger partial charge in [0.25, 0.3) is 0 Å². The second kappa shape index (κ2) is 5.27. The van der Waals surface area contributed by atoms with Crippen molar-refractivity contribution in [3.63, 3.8) is 0 Å². The van der Waals surface area contributed by atoms with Gasteiger partial charge in [-0.1, -0.05) is 18.2 Å². The van der Waals surface area contributed by atoms with Crippen molar-refractivity contribution in [1.29, 1.82) is 0 Å². The van der Waals surface area contributed by atoms with E-state index in [9.17, 15) is 0 Å². The Hall–Kier alpha value is -1.43. The summed E-state index contributed by atoms with van der Waals surface area (Å²) in [4.78, 5) is 4.45. The van der Waals surface area contributed by atoms with Crippen LogP contribution in [0.2, 0.25) is 0 Å². The van der Waals surface area contributed by atoms with Crippen LogP contribution in [0.25, 0.3) is 0 Å². The molecule has 0 aliphatic carbocycles. The predicted molar refractivity (Wildman–Crippen MR) is 69.0 cm³/mol. The monoisotopic (exact) mass is 249 g/mol. The summed E-state index contributed by atoms with van der Waals surface area (Å²) in [7, 11) is 1.65. The Bertz CT molecular complexity index is 498. The summed E-state index contributed by atoms with van der Waals surface area (Å²) < 4.78 is 5.34. The van der Waals surface area contributed by atoms with Crippen LogP contribution in [0, 0.1) is 6.92 Å². The van der Waals surface area contributed by atoms with Gasteiger partial charge in [0.05, 0.1) is 23.9 Å². The Morgan fingerprint density at radius 2 is 2.18 bits per heavy atom. The Morgan fingerprint density at radius 1 is 1.41 bits per heavy atom. The molecular formula is C12H15N3OS. The van der Waals surface area contributed by atoms with Crippen LogP contribution in [0.5, 0.6) is 5.75 Å². The van der Waals surface area contributed by atoms with Gasteiger partial charge in [0.1, 0.15) is 5.75 Å². The molecule has 1 atom stereocenters. The summed E-state index contributed by atoms with van der Waals surface area (Å²) in [5, 5.41) is 3.03. The van der Waals surface area contributed by atoms with Gasteiger partial charge in [0.2, 0.25) is 0 Å². The SMILES string of the molecule is COc1ccccc1C(NN)c1csc(C)n1. The fourth-order valence-corrected chi connectivity index (χ4v) is 2.39. The molecule has 3 N–H and O–H groups in total. The first-order valence-corrected chi connectivity index (χ1v) is 6.15. The zero-order valence-corrected chi connectivity index (χ0v) is 10.6. The standard InChI is InChI=1S/C12H15N3OS/c1-8-14-10(7-17-8)12(15-13)9-5-3-4-6-11(9)16-2/h3-7,12,15H,13H2,1-2H3. The number of hydrogen-bond donors (Lipinski definition) is 2. The number of ether oxygens (including phenoxy) is 1. The first kappa shape index (κ1) is 12.0. The van der Waals surface area contributed by atoms with Gasteiger partial charge in [-0.2, -0.15) is 0 Å². The van der Waals surface area contributed by atoms with E-state index in [1.807, 2.05) is 36.6 Å². The van der Waals surface area contributed by atoms with E-state index >= 15 is 0 Å². The van der Waals surface area contributed by atoms with Gasteiger partial charge in [-0.15, -0.1) is 11.3 Å². The van der Waals surface area contributed by atoms with Gasteiger partial charge in [-0.05, 0) is 13.0 Å². The number of hydrogen-bond acceptors (Lipinski definition) is 5. The summed E-state index contributed by atoms with van der Waals surface area (Å²) >= 11 is 1.61. The van der Waals surface area contributed by atoms with Crippen LogP contribution in [0.1, 0.15) is 22.3 Å². The minimum Gasteiger partial charge on any atom is -0.496 e. The van der Waals surface area contributed by atoms with Gasteiger partial charge in [-0.3, -0.25) is 5.84 Å². The predicted octanol–water partition coefficient (Wildman–Crippen LogP) is 2.01. The van der Waals surface area contributed by atoms with Crippen LogP contribution in [0.3, 0.4) is 0 Å². The summed E-state index contributed by atoms with van der Waals surface area (Å²) in [6.45, 7) is 1.98. The van der Waals surface area contributed by atoms with Crippen molar-refractivity contribution in [3.05, 3.63) is 45.9 Å². The lowest BCUT2D eigenvalue weighted by molar-refractivity contribution is 0.404. The minimum atomic E-state index is -0.143. The number of rotatable bonds is 4. The molecule has 0 saturated carbocycles. The van der Waals surface area contributed by atoms with Crippen LogP contribution >= 0.6 is 11.3 Å². The number of benzene rings is 1. The molecule has 0 radical (unpaired) electrons. The molecule has 1 aromatic carbocycles. The van der Waals surface area contributed by atoms with Crippen LogP contribution in [0.4, 0.5) is 0 Å². The lowest BCUT2D eigenvalue weighted by Gasteiger charge is -2.17. The molecular weight excluding hydrogens is 234 g/mol. The van der Waals surface area contributed by atoms with Crippen LogP contribution in [-0.4, -0.2) is 12.1 Å². The molecule has 1 heterocycles. The first-order valence-electron chi connectivity index (χ1n) is 5.27. The van der Waals surface area contributed by atoms with E-state index in [1.165, 1.54) is 0 Å². The molecule has 0 aliphatic heterocycles. The van der Waals surface area contributed by atoms with E-state index in [1.54, 1.807) is 18.4 Å². The Morgan fingerprint density at radius 3 is 2.76 bits per heavy atom. The zero-order chi connectivity index (χ0) is 12.3. The topological polar surface area (TPSA) is 60.2 Å². The maximum atomic E-state index is 5.63. The Kier molecular flexibility index (Phi) is 3.73. The molecule has 0 amide bonds. The number of aromatic nitrogens is 1. The molecule has 2 aromatic rings. The van der Waals surface area contributed by atoms with E-state index in [2.05, 4.69) is 10.4 Å². The van der Waals surface area contributed by atoms with Crippen molar-refractivity contribution in [2.45, 2.75) is 13.0 Å². The number of nitrogens with two attached hydrogens (primary N) is 1. The number of thiazole rings is 1. The summed E-state index contributed by atoms with van der Waals surface area (Å²) in [5.74, 6) is 6.44. The molecule has 90 valence electrons. The summed E-state index contributed by atoms with van der Waals surface area (Å²) in [6, 6.07) is 7.65. The van der Waals surface area contributed by atoms with Gasteiger partial charge >= 0.3 is 0 Å². The van der Waals surface area contributed by atoms with Crippen molar-refractivity contribution in [1.82, 2.24) is 10.4 Å². The highest BCUT2D eigenvalue weighted by Gasteiger charge is 2.18. The molecule has 2 rings (SSSR count). The molecule has 0 aliphatic rings.